The molecule has 2 aromatic carbocycles. The van der Waals surface area contributed by atoms with E-state index in [2.05, 4.69) is 61.7 Å². The summed E-state index contributed by atoms with van der Waals surface area (Å²) in [6, 6.07) is 19.1. The lowest BCUT2D eigenvalue weighted by Crippen LogP contribution is -2.37. The first kappa shape index (κ1) is 24.2. The molecule has 5 heterocycles. The lowest BCUT2D eigenvalue weighted by molar-refractivity contribution is 0.0802. The second-order valence-corrected chi connectivity index (χ2v) is 11.3. The lowest BCUT2D eigenvalue weighted by Gasteiger charge is -2.30. The van der Waals surface area contributed by atoms with E-state index in [1.54, 1.807) is 0 Å². The fourth-order valence-electron chi connectivity index (χ4n) is 6.54. The molecule has 0 bridgehead atoms. The summed E-state index contributed by atoms with van der Waals surface area (Å²) < 4.78 is 4.52. The van der Waals surface area contributed by atoms with Gasteiger partial charge in [0.2, 0.25) is 0 Å². The minimum absolute atomic E-state index is 0.0972. The zero-order valence-electron chi connectivity index (χ0n) is 22.2. The molecule has 3 aliphatic rings. The molecular formula is C32H34N6O. The van der Waals surface area contributed by atoms with Gasteiger partial charge in [0.05, 0.1) is 29.1 Å². The Bertz CT molecular complexity index is 1520. The van der Waals surface area contributed by atoms with E-state index >= 15 is 0 Å². The Morgan fingerprint density at radius 2 is 1.82 bits per heavy atom. The number of hydrogen-bond acceptors (Lipinski definition) is 5. The van der Waals surface area contributed by atoms with E-state index in [9.17, 15) is 5.11 Å². The van der Waals surface area contributed by atoms with Gasteiger partial charge in [-0.1, -0.05) is 12.1 Å². The highest BCUT2D eigenvalue weighted by molar-refractivity contribution is 5.72. The van der Waals surface area contributed by atoms with Crippen molar-refractivity contribution in [1.82, 2.24) is 19.0 Å². The summed E-state index contributed by atoms with van der Waals surface area (Å²) in [5, 5.41) is 19.0. The highest BCUT2D eigenvalue weighted by Crippen LogP contribution is 2.36. The Labute approximate surface area is 229 Å². The monoisotopic (exact) mass is 518 g/mol. The molecule has 0 unspecified atom stereocenters. The molecule has 1 atom stereocenters. The minimum atomic E-state index is -0.0972. The van der Waals surface area contributed by atoms with Crippen LogP contribution in [0.25, 0.3) is 28.3 Å². The Hall–Kier alpha value is -3.86. The van der Waals surface area contributed by atoms with Crippen molar-refractivity contribution in [3.05, 3.63) is 78.2 Å². The number of aliphatic hydroxyl groups excluding tert-OH is 1. The second kappa shape index (κ2) is 10.0. The predicted octanol–water partition coefficient (Wildman–Crippen LogP) is 4.91. The molecular weight excluding hydrogens is 484 g/mol. The SMILES string of the molecule is N#Cc1ccc(-c2cc3n(c2)Cc2cc(N4CC[C@@H](CCN5CCC(O)CC5)C4)ccc2-n2ccnc2-3)cc1. The summed E-state index contributed by atoms with van der Waals surface area (Å²) in [7, 11) is 0. The standard InChI is InChI=1S/C32H34N6O/c33-19-23-1-3-25(4-2-23)26-18-31-32-34-11-16-38(32)30-6-5-28(17-27(30)22-37(31)21-26)36-15-8-24(20-36)7-12-35-13-9-29(39)10-14-35/h1-6,11,16-18,21,24,29,39H,7-10,12-15,20,22H2/t24-/m1/s1. The summed E-state index contributed by atoms with van der Waals surface area (Å²) in [5.74, 6) is 1.68. The summed E-state index contributed by atoms with van der Waals surface area (Å²) in [4.78, 5) is 9.82. The average Bonchev–Trinajstić information content (AvgIpc) is 3.72. The van der Waals surface area contributed by atoms with Crippen LogP contribution in [0.5, 0.6) is 0 Å². The van der Waals surface area contributed by atoms with Crippen molar-refractivity contribution in [2.24, 2.45) is 5.92 Å². The zero-order valence-corrected chi connectivity index (χ0v) is 22.2. The Morgan fingerprint density at radius 1 is 0.974 bits per heavy atom. The van der Waals surface area contributed by atoms with Gasteiger partial charge in [0.1, 0.15) is 0 Å². The maximum Gasteiger partial charge on any atom is 0.161 e. The number of likely N-dealkylation sites (tertiary alicyclic amines) is 1. The van der Waals surface area contributed by atoms with Gasteiger partial charge in [-0.05, 0) is 85.7 Å². The third-order valence-electron chi connectivity index (χ3n) is 8.84. The summed E-state index contributed by atoms with van der Waals surface area (Å²) in [6.45, 7) is 6.23. The third-order valence-corrected chi connectivity index (χ3v) is 8.84. The lowest BCUT2D eigenvalue weighted by atomic mass is 10.0. The van der Waals surface area contributed by atoms with E-state index in [4.69, 9.17) is 10.2 Å². The first-order chi connectivity index (χ1) is 19.1. The van der Waals surface area contributed by atoms with Crippen molar-refractivity contribution in [2.75, 3.05) is 37.6 Å². The maximum absolute atomic E-state index is 9.79. The van der Waals surface area contributed by atoms with Crippen LogP contribution < -0.4 is 4.90 Å². The summed E-state index contributed by atoms with van der Waals surface area (Å²) >= 11 is 0. The van der Waals surface area contributed by atoms with Crippen LogP contribution in [0.1, 0.15) is 36.8 Å². The molecule has 0 aliphatic carbocycles. The quantitative estimate of drug-likeness (QED) is 0.358. The molecule has 7 rings (SSSR count). The number of hydrogen-bond donors (Lipinski definition) is 1. The molecule has 2 saturated heterocycles. The van der Waals surface area contributed by atoms with E-state index in [-0.39, 0.29) is 6.10 Å². The number of benzene rings is 2. The topological polar surface area (TPSA) is 73.2 Å². The van der Waals surface area contributed by atoms with Gasteiger partial charge in [0.15, 0.2) is 5.82 Å². The van der Waals surface area contributed by atoms with E-state index in [0.717, 1.165) is 80.7 Å². The molecule has 2 fully saturated rings. The number of aliphatic hydroxyl groups is 1. The number of fused-ring (bicyclic) bond motifs is 5. The molecule has 3 aliphatic heterocycles. The van der Waals surface area contributed by atoms with Crippen molar-refractivity contribution >= 4 is 5.69 Å². The van der Waals surface area contributed by atoms with Crippen molar-refractivity contribution in [3.8, 4) is 34.4 Å². The van der Waals surface area contributed by atoms with Gasteiger partial charge in [-0.15, -0.1) is 0 Å². The normalized spacial score (nSPS) is 19.3. The first-order valence-corrected chi connectivity index (χ1v) is 14.2. The van der Waals surface area contributed by atoms with Crippen molar-refractivity contribution in [1.29, 1.82) is 5.26 Å². The Morgan fingerprint density at radius 3 is 2.64 bits per heavy atom. The van der Waals surface area contributed by atoms with E-state index < -0.39 is 0 Å². The number of aromatic nitrogens is 3. The Balaban J connectivity index is 1.11. The van der Waals surface area contributed by atoms with Crippen molar-refractivity contribution < 1.29 is 5.11 Å². The largest absolute Gasteiger partial charge is 0.393 e. The summed E-state index contributed by atoms with van der Waals surface area (Å²) in [6.07, 6.45) is 10.4. The molecule has 0 saturated carbocycles. The van der Waals surface area contributed by atoms with Gasteiger partial charge in [0, 0.05) is 62.6 Å². The molecule has 0 spiro atoms. The second-order valence-electron chi connectivity index (χ2n) is 11.3. The molecule has 7 nitrogen and oxygen atoms in total. The molecule has 4 aromatic rings. The fraction of sp³-hybridized carbons (Fsp3) is 0.375. The van der Waals surface area contributed by atoms with Crippen LogP contribution in [0, 0.1) is 17.2 Å². The van der Waals surface area contributed by atoms with Crippen molar-refractivity contribution in [2.45, 2.75) is 38.3 Å². The van der Waals surface area contributed by atoms with E-state index in [1.807, 2.05) is 30.5 Å². The number of nitriles is 1. The maximum atomic E-state index is 9.79. The first-order valence-electron chi connectivity index (χ1n) is 14.2. The van der Waals surface area contributed by atoms with Crippen LogP contribution in [0.3, 0.4) is 0 Å². The summed E-state index contributed by atoms with van der Waals surface area (Å²) in [5.41, 5.74) is 7.80. The molecule has 39 heavy (non-hydrogen) atoms. The minimum Gasteiger partial charge on any atom is -0.393 e. The van der Waals surface area contributed by atoms with Gasteiger partial charge in [-0.2, -0.15) is 5.26 Å². The van der Waals surface area contributed by atoms with Crippen LogP contribution in [0.15, 0.2) is 67.1 Å². The van der Waals surface area contributed by atoms with E-state index in [1.165, 1.54) is 29.8 Å². The van der Waals surface area contributed by atoms with Gasteiger partial charge in [-0.25, -0.2) is 4.98 Å². The predicted molar refractivity (Wildman–Crippen MR) is 153 cm³/mol. The van der Waals surface area contributed by atoms with Crippen LogP contribution in [0.2, 0.25) is 0 Å². The average molecular weight is 519 g/mol. The van der Waals surface area contributed by atoms with Crippen molar-refractivity contribution in [3.63, 3.8) is 0 Å². The number of rotatable bonds is 5. The number of nitrogens with zero attached hydrogens (tertiary/aromatic N) is 6. The zero-order chi connectivity index (χ0) is 26.3. The van der Waals surface area contributed by atoms with Gasteiger partial charge in [0.25, 0.3) is 0 Å². The van der Waals surface area contributed by atoms with Crippen LogP contribution in [-0.2, 0) is 6.54 Å². The number of imidazole rings is 1. The van der Waals surface area contributed by atoms with Crippen LogP contribution in [0.4, 0.5) is 5.69 Å². The smallest absolute Gasteiger partial charge is 0.161 e. The molecule has 0 radical (unpaired) electrons. The van der Waals surface area contributed by atoms with Crippen LogP contribution in [-0.4, -0.2) is 63.0 Å². The van der Waals surface area contributed by atoms with Crippen LogP contribution >= 0.6 is 0 Å². The molecule has 7 heteroatoms. The molecule has 2 aromatic heterocycles. The number of anilines is 1. The van der Waals surface area contributed by atoms with Gasteiger partial charge in [-0.3, -0.25) is 4.57 Å². The highest BCUT2D eigenvalue weighted by atomic mass is 16.3. The molecule has 1 N–H and O–H groups in total. The van der Waals surface area contributed by atoms with Gasteiger partial charge >= 0.3 is 0 Å². The third kappa shape index (κ3) is 4.64. The Kier molecular flexibility index (Phi) is 6.22. The van der Waals surface area contributed by atoms with Gasteiger partial charge < -0.3 is 19.5 Å². The van der Waals surface area contributed by atoms with E-state index in [0.29, 0.717) is 5.56 Å². The molecule has 0 amide bonds. The highest BCUT2D eigenvalue weighted by Gasteiger charge is 2.26. The molecule has 198 valence electrons. The number of piperidine rings is 1. The fourth-order valence-corrected chi connectivity index (χ4v) is 6.54.